The van der Waals surface area contributed by atoms with E-state index < -0.39 is 10.0 Å². The summed E-state index contributed by atoms with van der Waals surface area (Å²) in [7, 11) is -3.46. The van der Waals surface area contributed by atoms with Crippen molar-refractivity contribution in [3.05, 3.63) is 30.7 Å². The van der Waals surface area contributed by atoms with Gasteiger partial charge in [-0.1, -0.05) is 0 Å². The van der Waals surface area contributed by atoms with E-state index in [-0.39, 0.29) is 25.4 Å². The molecule has 0 spiro atoms. The van der Waals surface area contributed by atoms with Crippen molar-refractivity contribution in [1.29, 1.82) is 0 Å². The average molecular weight is 560 g/mol. The summed E-state index contributed by atoms with van der Waals surface area (Å²) in [6.45, 7) is 2.83. The van der Waals surface area contributed by atoms with Crippen LogP contribution in [0.3, 0.4) is 0 Å². The van der Waals surface area contributed by atoms with Gasteiger partial charge in [0.1, 0.15) is 18.5 Å². The average Bonchev–Trinajstić information content (AvgIpc) is 2.93. The van der Waals surface area contributed by atoms with Crippen molar-refractivity contribution in [2.24, 2.45) is 0 Å². The largest absolute Gasteiger partial charge is 0.488 e. The highest BCUT2D eigenvalue weighted by Gasteiger charge is 2.25. The number of sulfonamides is 1. The topological polar surface area (TPSA) is 161 Å². The minimum atomic E-state index is -3.46. The first kappa shape index (κ1) is 27.1. The molecule has 0 radical (unpaired) electrons. The van der Waals surface area contributed by atoms with E-state index in [1.54, 1.807) is 18.5 Å². The maximum Gasteiger partial charge on any atom is 0.229 e. The number of morpholine rings is 1. The smallest absolute Gasteiger partial charge is 0.229 e. The molecule has 3 N–H and O–H groups in total. The highest BCUT2D eigenvalue weighted by Crippen LogP contribution is 2.33. The molecule has 4 heterocycles. The minimum Gasteiger partial charge on any atom is -0.488 e. The van der Waals surface area contributed by atoms with Crippen molar-refractivity contribution in [2.45, 2.75) is 37.8 Å². The van der Waals surface area contributed by atoms with Gasteiger partial charge in [0.25, 0.3) is 0 Å². The Bertz CT molecular complexity index is 1360. The molecular formula is C25H33N7O6S. The number of rotatable bonds is 10. The van der Waals surface area contributed by atoms with E-state index in [1.165, 1.54) is 6.20 Å². The summed E-state index contributed by atoms with van der Waals surface area (Å²) in [5, 5.41) is 12.9. The highest BCUT2D eigenvalue weighted by molar-refractivity contribution is 7.92. The summed E-state index contributed by atoms with van der Waals surface area (Å²) in [4.78, 5) is 20.1. The molecule has 0 unspecified atom stereocenters. The fraction of sp³-hybridized carbons (Fsp3) is 0.520. The van der Waals surface area contributed by atoms with Gasteiger partial charge in [-0.3, -0.25) is 9.71 Å². The van der Waals surface area contributed by atoms with Crippen LogP contribution in [0.1, 0.15) is 25.7 Å². The van der Waals surface area contributed by atoms with E-state index in [0.29, 0.717) is 47.4 Å². The van der Waals surface area contributed by atoms with Crippen LogP contribution in [0.4, 0.5) is 17.5 Å². The monoisotopic (exact) mass is 559 g/mol. The second kappa shape index (κ2) is 12.1. The van der Waals surface area contributed by atoms with Crippen molar-refractivity contribution in [3.63, 3.8) is 0 Å². The van der Waals surface area contributed by atoms with Gasteiger partial charge in [0.15, 0.2) is 5.75 Å². The summed E-state index contributed by atoms with van der Waals surface area (Å²) in [6, 6.07) is 3.82. The lowest BCUT2D eigenvalue weighted by atomic mass is 9.93. The fourth-order valence-corrected chi connectivity index (χ4v) is 5.23. The lowest BCUT2D eigenvalue weighted by Gasteiger charge is -2.31. The molecule has 14 heteroatoms. The molecular weight excluding hydrogens is 526 g/mol. The number of aromatic nitrogens is 4. The molecule has 210 valence electrons. The van der Waals surface area contributed by atoms with Gasteiger partial charge >= 0.3 is 0 Å². The fourth-order valence-electron chi connectivity index (χ4n) is 4.69. The van der Waals surface area contributed by atoms with Gasteiger partial charge in [-0.2, -0.15) is 4.98 Å². The number of nitrogens with zero attached hydrogens (tertiary/aromatic N) is 5. The molecule has 1 saturated heterocycles. The maximum absolute atomic E-state index is 11.8. The Morgan fingerprint density at radius 1 is 1.08 bits per heavy atom. The number of fused-ring (bicyclic) bond motifs is 1. The number of pyridine rings is 2. The third kappa shape index (κ3) is 7.34. The number of nitrogens with one attached hydrogen (secondary N) is 2. The summed E-state index contributed by atoms with van der Waals surface area (Å²) in [5.74, 6) is 2.24. The van der Waals surface area contributed by atoms with Crippen LogP contribution < -0.4 is 24.4 Å². The summed E-state index contributed by atoms with van der Waals surface area (Å²) in [6.07, 6.45) is 9.03. The zero-order chi connectivity index (χ0) is 27.2. The van der Waals surface area contributed by atoms with Gasteiger partial charge in [-0.25, -0.2) is 18.4 Å². The first-order valence-corrected chi connectivity index (χ1v) is 14.9. The molecule has 0 bridgehead atoms. The first-order valence-electron chi connectivity index (χ1n) is 13.0. The molecule has 0 atom stereocenters. The van der Waals surface area contributed by atoms with Crippen LogP contribution in [0.25, 0.3) is 10.9 Å². The predicted octanol–water partition coefficient (Wildman–Crippen LogP) is 1.80. The summed E-state index contributed by atoms with van der Waals surface area (Å²) < 4.78 is 43.3. The van der Waals surface area contributed by atoms with Crippen LogP contribution in [0.5, 0.6) is 11.6 Å². The number of ether oxygens (including phenoxy) is 3. The predicted molar refractivity (Wildman–Crippen MR) is 146 cm³/mol. The van der Waals surface area contributed by atoms with Crippen molar-refractivity contribution in [2.75, 3.05) is 60.7 Å². The van der Waals surface area contributed by atoms with Crippen LogP contribution in [0.15, 0.2) is 30.7 Å². The van der Waals surface area contributed by atoms with Gasteiger partial charge in [0.2, 0.25) is 21.9 Å². The zero-order valence-electron chi connectivity index (χ0n) is 21.7. The van der Waals surface area contributed by atoms with Crippen molar-refractivity contribution < 1.29 is 27.7 Å². The molecule has 2 fully saturated rings. The van der Waals surface area contributed by atoms with E-state index in [0.717, 1.165) is 50.8 Å². The first-order chi connectivity index (χ1) is 18.9. The Hall–Kier alpha value is -3.49. The molecule has 1 aliphatic heterocycles. The van der Waals surface area contributed by atoms with E-state index in [4.69, 9.17) is 24.3 Å². The molecule has 0 amide bonds. The number of hydrogen-bond donors (Lipinski definition) is 3. The Morgan fingerprint density at radius 3 is 2.51 bits per heavy atom. The number of anilines is 3. The van der Waals surface area contributed by atoms with Crippen LogP contribution in [0, 0.1) is 0 Å². The number of aliphatic hydroxyl groups is 1. The van der Waals surface area contributed by atoms with Gasteiger partial charge in [-0.05, 0) is 31.7 Å². The SMILES string of the molecule is CS(=O)(=O)Nc1cnc2cc(N3CCOCC3)nc(OC3CCC(Nc4ncc(OCCO)cn4)CC3)c2c1. The summed E-state index contributed by atoms with van der Waals surface area (Å²) in [5.41, 5.74) is 1.04. The Kier molecular flexibility index (Phi) is 8.43. The van der Waals surface area contributed by atoms with Crippen LogP contribution in [-0.2, 0) is 14.8 Å². The third-order valence-electron chi connectivity index (χ3n) is 6.54. The molecule has 0 aromatic carbocycles. The molecule has 3 aromatic rings. The van der Waals surface area contributed by atoms with E-state index in [9.17, 15) is 8.42 Å². The normalized spacial score (nSPS) is 20.0. The second-order valence-corrected chi connectivity index (χ2v) is 11.3. The van der Waals surface area contributed by atoms with Crippen molar-refractivity contribution in [3.8, 4) is 11.6 Å². The zero-order valence-corrected chi connectivity index (χ0v) is 22.6. The highest BCUT2D eigenvalue weighted by atomic mass is 32.2. The van der Waals surface area contributed by atoms with E-state index in [1.807, 2.05) is 6.07 Å². The standard InChI is InChI=1S/C25H33N7O6S/c1-39(34,35)31-18-12-21-22(26-14-18)13-23(32-6-9-36-10-7-32)30-24(21)38-19-4-2-17(3-5-19)29-25-27-15-20(16-28-25)37-11-8-33/h12-17,19,31,33H,2-11H2,1H3,(H,27,28,29). The molecule has 1 saturated carbocycles. The summed E-state index contributed by atoms with van der Waals surface area (Å²) >= 11 is 0. The van der Waals surface area contributed by atoms with Gasteiger partial charge in [0.05, 0.1) is 61.3 Å². The van der Waals surface area contributed by atoms with Crippen LogP contribution in [0.2, 0.25) is 0 Å². The minimum absolute atomic E-state index is 0.0552. The van der Waals surface area contributed by atoms with Gasteiger partial charge < -0.3 is 29.5 Å². The van der Waals surface area contributed by atoms with E-state index in [2.05, 4.69) is 29.9 Å². The quantitative estimate of drug-likeness (QED) is 0.331. The third-order valence-corrected chi connectivity index (χ3v) is 7.15. The van der Waals surface area contributed by atoms with Crippen LogP contribution in [-0.4, -0.2) is 91.4 Å². The molecule has 39 heavy (non-hydrogen) atoms. The lowest BCUT2D eigenvalue weighted by molar-refractivity contribution is 0.122. The molecule has 3 aromatic heterocycles. The molecule has 5 rings (SSSR count). The van der Waals surface area contributed by atoms with Gasteiger partial charge in [0, 0.05) is 25.2 Å². The van der Waals surface area contributed by atoms with Crippen molar-refractivity contribution >= 4 is 38.4 Å². The van der Waals surface area contributed by atoms with E-state index >= 15 is 0 Å². The van der Waals surface area contributed by atoms with Crippen molar-refractivity contribution in [1.82, 2.24) is 19.9 Å². The number of aliphatic hydroxyl groups excluding tert-OH is 1. The Morgan fingerprint density at radius 2 is 1.82 bits per heavy atom. The van der Waals surface area contributed by atoms with Gasteiger partial charge in [-0.15, -0.1) is 0 Å². The Labute approximate surface area is 227 Å². The second-order valence-electron chi connectivity index (χ2n) is 9.60. The number of hydrogen-bond acceptors (Lipinski definition) is 12. The maximum atomic E-state index is 11.8. The lowest BCUT2D eigenvalue weighted by Crippen LogP contribution is -2.37. The molecule has 1 aliphatic carbocycles. The Balaban J connectivity index is 1.28. The van der Waals surface area contributed by atoms with Crippen LogP contribution >= 0.6 is 0 Å². The molecule has 2 aliphatic rings. The molecule has 13 nitrogen and oxygen atoms in total.